The van der Waals surface area contributed by atoms with Gasteiger partial charge in [-0.15, -0.1) is 0 Å². The number of ketones is 1. The number of nitrogens with zero attached hydrogens (tertiary/aromatic N) is 2. The fraction of sp³-hybridized carbons (Fsp3) is 0.286. The lowest BCUT2D eigenvalue weighted by molar-refractivity contribution is -0.136. The third-order valence-electron chi connectivity index (χ3n) is 5.06. The second kappa shape index (κ2) is 8.32. The van der Waals surface area contributed by atoms with Crippen molar-refractivity contribution in [2.75, 3.05) is 18.1 Å². The fourth-order valence-corrected chi connectivity index (χ4v) is 5.53. The predicted octanol–water partition coefficient (Wildman–Crippen LogP) is 3.39. The Morgan fingerprint density at radius 1 is 1.35 bits per heavy atom. The van der Waals surface area contributed by atoms with E-state index in [2.05, 4.69) is 5.10 Å². The molecule has 1 saturated heterocycles. The average molecular weight is 463 g/mol. The maximum absolute atomic E-state index is 12.2. The predicted molar refractivity (Wildman–Crippen MR) is 115 cm³/mol. The van der Waals surface area contributed by atoms with E-state index in [1.54, 1.807) is 25.1 Å². The van der Waals surface area contributed by atoms with Crippen LogP contribution < -0.4 is 0 Å². The van der Waals surface area contributed by atoms with Gasteiger partial charge < -0.3 is 9.15 Å². The highest BCUT2D eigenvalue weighted by Crippen LogP contribution is 2.30. The third-order valence-corrected chi connectivity index (χ3v) is 7.18. The minimum atomic E-state index is -3.09. The van der Waals surface area contributed by atoms with E-state index in [0.717, 1.165) is 11.5 Å². The number of hydrogen-bond donors (Lipinski definition) is 0. The van der Waals surface area contributed by atoms with Gasteiger partial charge in [-0.25, -0.2) is 17.9 Å². The summed E-state index contributed by atoms with van der Waals surface area (Å²) >= 11 is 6.37. The Balaban J connectivity index is 1.39. The molecule has 162 valence electrons. The number of hydrogen-bond acceptors (Lipinski definition) is 7. The van der Waals surface area contributed by atoms with Gasteiger partial charge in [-0.05, 0) is 31.6 Å². The number of para-hydroxylation sites is 1. The second-order valence-corrected chi connectivity index (χ2v) is 9.89. The zero-order chi connectivity index (χ0) is 22.2. The number of fused-ring (bicyclic) bond motifs is 1. The first-order chi connectivity index (χ1) is 14.7. The van der Waals surface area contributed by atoms with Crippen LogP contribution in [0.5, 0.6) is 0 Å². The summed E-state index contributed by atoms with van der Waals surface area (Å²) in [6.45, 7) is 1.25. The van der Waals surface area contributed by atoms with E-state index in [1.807, 2.05) is 12.1 Å². The van der Waals surface area contributed by atoms with Gasteiger partial charge in [0.1, 0.15) is 10.7 Å². The topological polar surface area (TPSA) is 108 Å². The number of aromatic nitrogens is 2. The molecule has 2 aromatic heterocycles. The number of Topliss-reactive ketones (excluding diaryl/α,β-unsaturated/α-hetero) is 1. The Morgan fingerprint density at radius 2 is 2.13 bits per heavy atom. The number of ether oxygens (including phenoxy) is 1. The first-order valence-corrected chi connectivity index (χ1v) is 11.7. The van der Waals surface area contributed by atoms with Gasteiger partial charge in [0.15, 0.2) is 22.2 Å². The van der Waals surface area contributed by atoms with Crippen molar-refractivity contribution in [3.05, 3.63) is 58.6 Å². The number of sulfone groups is 1. The summed E-state index contributed by atoms with van der Waals surface area (Å²) in [4.78, 5) is 24.3. The van der Waals surface area contributed by atoms with Crippen molar-refractivity contribution in [2.45, 2.75) is 19.4 Å². The number of carbonyl (C=O) groups excluding carboxylic acids is 2. The lowest BCUT2D eigenvalue weighted by atomic mass is 10.2. The molecule has 1 atom stereocenters. The van der Waals surface area contributed by atoms with E-state index in [9.17, 15) is 18.0 Å². The highest BCUT2D eigenvalue weighted by Gasteiger charge is 2.31. The Morgan fingerprint density at radius 3 is 2.84 bits per heavy atom. The Labute approximate surface area is 183 Å². The first kappa shape index (κ1) is 21.3. The summed E-state index contributed by atoms with van der Waals surface area (Å²) in [6, 6.07) is 8.46. The van der Waals surface area contributed by atoms with Gasteiger partial charge in [-0.1, -0.05) is 29.8 Å². The lowest BCUT2D eigenvalue weighted by Crippen LogP contribution is -2.12. The number of carbonyl (C=O) groups is 2. The zero-order valence-electron chi connectivity index (χ0n) is 16.6. The van der Waals surface area contributed by atoms with Crippen molar-refractivity contribution in [3.63, 3.8) is 0 Å². The molecule has 3 heterocycles. The minimum Gasteiger partial charge on any atom is -0.454 e. The van der Waals surface area contributed by atoms with Crippen LogP contribution in [0.2, 0.25) is 5.15 Å². The maximum Gasteiger partial charge on any atom is 0.331 e. The highest BCUT2D eigenvalue weighted by atomic mass is 35.5. The molecule has 8 nitrogen and oxygen atoms in total. The highest BCUT2D eigenvalue weighted by molar-refractivity contribution is 7.91. The van der Waals surface area contributed by atoms with Crippen LogP contribution in [0.15, 0.2) is 40.8 Å². The molecule has 1 aromatic carbocycles. The lowest BCUT2D eigenvalue weighted by Gasteiger charge is -2.09. The third kappa shape index (κ3) is 4.57. The van der Waals surface area contributed by atoms with Gasteiger partial charge in [0.25, 0.3) is 0 Å². The number of rotatable bonds is 6. The molecule has 31 heavy (non-hydrogen) atoms. The number of furan rings is 1. The van der Waals surface area contributed by atoms with Crippen LogP contribution in [0.4, 0.5) is 0 Å². The van der Waals surface area contributed by atoms with Gasteiger partial charge in [0.2, 0.25) is 5.78 Å². The van der Waals surface area contributed by atoms with Crippen LogP contribution in [0.3, 0.4) is 0 Å². The summed E-state index contributed by atoms with van der Waals surface area (Å²) in [5.74, 6) is -0.977. The zero-order valence-corrected chi connectivity index (χ0v) is 18.1. The number of halogens is 1. The molecule has 0 aliphatic carbocycles. The minimum absolute atomic E-state index is 0.0110. The van der Waals surface area contributed by atoms with E-state index >= 15 is 0 Å². The van der Waals surface area contributed by atoms with Gasteiger partial charge in [0, 0.05) is 17.0 Å². The molecule has 4 rings (SSSR count). The maximum atomic E-state index is 12.2. The number of esters is 1. The van der Waals surface area contributed by atoms with Crippen molar-refractivity contribution >= 4 is 50.2 Å². The van der Waals surface area contributed by atoms with E-state index < -0.39 is 28.2 Å². The normalized spacial score (nSPS) is 18.1. The molecule has 3 aromatic rings. The summed E-state index contributed by atoms with van der Waals surface area (Å²) < 4.78 is 35.4. The van der Waals surface area contributed by atoms with Crippen molar-refractivity contribution in [1.82, 2.24) is 9.78 Å². The molecule has 0 bridgehead atoms. The average Bonchev–Trinajstić information content (AvgIpc) is 3.40. The standard InChI is InChI=1S/C21H19ClN2O6S/c1-13-16(21(22)24(23-13)15-8-9-31(27,28)12-15)6-7-20(26)29-11-17(25)19-10-14-4-2-3-5-18(14)30-19/h2-7,10,15H,8-9,11-12H2,1H3/b7-6+/t15-/m1/s1. The van der Waals surface area contributed by atoms with E-state index in [-0.39, 0.29) is 28.5 Å². The second-order valence-electron chi connectivity index (χ2n) is 7.30. The quantitative estimate of drug-likeness (QED) is 0.314. The van der Waals surface area contributed by atoms with Crippen molar-refractivity contribution < 1.29 is 27.2 Å². The van der Waals surface area contributed by atoms with Gasteiger partial charge >= 0.3 is 5.97 Å². The van der Waals surface area contributed by atoms with Crippen LogP contribution in [0.25, 0.3) is 17.0 Å². The van der Waals surface area contributed by atoms with Crippen LogP contribution >= 0.6 is 11.6 Å². The molecular weight excluding hydrogens is 444 g/mol. The van der Waals surface area contributed by atoms with E-state index in [1.165, 1.54) is 10.8 Å². The Bertz CT molecular complexity index is 1270. The number of benzene rings is 1. The van der Waals surface area contributed by atoms with Gasteiger partial charge in [-0.3, -0.25) is 4.79 Å². The molecule has 0 saturated carbocycles. The van der Waals surface area contributed by atoms with Gasteiger partial charge in [0.05, 0.1) is 23.2 Å². The first-order valence-electron chi connectivity index (χ1n) is 9.55. The summed E-state index contributed by atoms with van der Waals surface area (Å²) in [6.07, 6.45) is 3.04. The molecule has 0 unspecified atom stereocenters. The summed E-state index contributed by atoms with van der Waals surface area (Å²) in [5.41, 5.74) is 1.62. The SMILES string of the molecule is Cc1nn([C@@H]2CCS(=O)(=O)C2)c(Cl)c1/C=C/C(=O)OCC(=O)c1cc2ccccc2o1. The largest absolute Gasteiger partial charge is 0.454 e. The fourth-order valence-electron chi connectivity index (χ4n) is 3.46. The molecule has 1 aliphatic rings. The Hall–Kier alpha value is -2.91. The van der Waals surface area contributed by atoms with Crippen molar-refractivity contribution in [1.29, 1.82) is 0 Å². The molecule has 0 amide bonds. The van der Waals surface area contributed by atoms with Crippen LogP contribution in [-0.4, -0.2) is 48.1 Å². The molecule has 0 spiro atoms. The van der Waals surface area contributed by atoms with Crippen LogP contribution in [-0.2, 0) is 19.4 Å². The molecule has 0 N–H and O–H groups in total. The van der Waals surface area contributed by atoms with Gasteiger partial charge in [-0.2, -0.15) is 5.10 Å². The molecule has 0 radical (unpaired) electrons. The van der Waals surface area contributed by atoms with Crippen LogP contribution in [0.1, 0.15) is 34.3 Å². The molecule has 1 aliphatic heterocycles. The summed E-state index contributed by atoms with van der Waals surface area (Å²) in [7, 11) is -3.09. The van der Waals surface area contributed by atoms with E-state index in [4.69, 9.17) is 20.8 Å². The Kier molecular flexibility index (Phi) is 5.72. The number of aryl methyl sites for hydroxylation is 1. The van der Waals surface area contributed by atoms with Crippen molar-refractivity contribution in [3.8, 4) is 0 Å². The molecule has 1 fully saturated rings. The van der Waals surface area contributed by atoms with E-state index in [0.29, 0.717) is 23.3 Å². The summed E-state index contributed by atoms with van der Waals surface area (Å²) in [5, 5.41) is 5.36. The molecule has 10 heteroatoms. The van der Waals surface area contributed by atoms with Crippen LogP contribution in [0, 0.1) is 6.92 Å². The monoisotopic (exact) mass is 462 g/mol. The molecular formula is C21H19ClN2O6S. The van der Waals surface area contributed by atoms with Crippen molar-refractivity contribution in [2.24, 2.45) is 0 Å². The smallest absolute Gasteiger partial charge is 0.331 e.